The number of rotatable bonds is 5. The first-order chi connectivity index (χ1) is 9.74. The SMILES string of the molecule is CCCOc1ccc(Nc2nccc(C#N)c2N)cc1. The van der Waals surface area contributed by atoms with E-state index in [1.807, 2.05) is 30.3 Å². The van der Waals surface area contributed by atoms with Gasteiger partial charge < -0.3 is 15.8 Å². The van der Waals surface area contributed by atoms with Crippen molar-refractivity contribution in [2.24, 2.45) is 0 Å². The van der Waals surface area contributed by atoms with Crippen LogP contribution in [0.15, 0.2) is 36.5 Å². The molecular weight excluding hydrogens is 252 g/mol. The fraction of sp³-hybridized carbons (Fsp3) is 0.200. The number of hydrogen-bond acceptors (Lipinski definition) is 5. The maximum Gasteiger partial charge on any atom is 0.154 e. The summed E-state index contributed by atoms with van der Waals surface area (Å²) in [6.07, 6.45) is 2.53. The molecule has 2 aromatic rings. The van der Waals surface area contributed by atoms with Crippen molar-refractivity contribution in [2.75, 3.05) is 17.7 Å². The highest BCUT2D eigenvalue weighted by Crippen LogP contribution is 2.24. The number of anilines is 3. The first kappa shape index (κ1) is 13.7. The Bertz CT molecular complexity index is 617. The summed E-state index contributed by atoms with van der Waals surface area (Å²) in [7, 11) is 0. The summed E-state index contributed by atoms with van der Waals surface area (Å²) in [4.78, 5) is 4.14. The molecule has 0 aliphatic carbocycles. The monoisotopic (exact) mass is 268 g/mol. The maximum absolute atomic E-state index is 8.93. The van der Waals surface area contributed by atoms with E-state index < -0.39 is 0 Å². The molecule has 0 unspecified atom stereocenters. The van der Waals surface area contributed by atoms with Gasteiger partial charge in [-0.05, 0) is 36.8 Å². The normalized spacial score (nSPS) is 9.80. The fourth-order valence-electron chi connectivity index (χ4n) is 1.66. The van der Waals surface area contributed by atoms with Crippen molar-refractivity contribution in [3.8, 4) is 11.8 Å². The number of aromatic nitrogens is 1. The van der Waals surface area contributed by atoms with E-state index in [4.69, 9.17) is 15.7 Å². The zero-order valence-corrected chi connectivity index (χ0v) is 11.3. The van der Waals surface area contributed by atoms with Crippen LogP contribution in [0.4, 0.5) is 17.2 Å². The molecule has 102 valence electrons. The van der Waals surface area contributed by atoms with Gasteiger partial charge in [-0.25, -0.2) is 4.98 Å². The Morgan fingerprint density at radius 1 is 1.30 bits per heavy atom. The minimum Gasteiger partial charge on any atom is -0.494 e. The summed E-state index contributed by atoms with van der Waals surface area (Å²) < 4.78 is 5.51. The van der Waals surface area contributed by atoms with E-state index in [0.29, 0.717) is 23.7 Å². The third kappa shape index (κ3) is 3.18. The summed E-state index contributed by atoms with van der Waals surface area (Å²) in [5.74, 6) is 1.30. The van der Waals surface area contributed by atoms with Crippen LogP contribution in [0, 0.1) is 11.3 Å². The Morgan fingerprint density at radius 2 is 2.05 bits per heavy atom. The van der Waals surface area contributed by atoms with Crippen LogP contribution in [-0.4, -0.2) is 11.6 Å². The van der Waals surface area contributed by atoms with E-state index in [-0.39, 0.29) is 0 Å². The topological polar surface area (TPSA) is 84.0 Å². The van der Waals surface area contributed by atoms with Crippen molar-refractivity contribution in [1.29, 1.82) is 5.26 Å². The second-order valence-corrected chi connectivity index (χ2v) is 4.23. The van der Waals surface area contributed by atoms with Crippen LogP contribution in [0.2, 0.25) is 0 Å². The molecule has 0 bridgehead atoms. The van der Waals surface area contributed by atoms with Gasteiger partial charge in [-0.3, -0.25) is 0 Å². The number of nitrogens with one attached hydrogen (secondary N) is 1. The van der Waals surface area contributed by atoms with Crippen molar-refractivity contribution in [2.45, 2.75) is 13.3 Å². The standard InChI is InChI=1S/C15H16N4O/c1-2-9-20-13-5-3-12(4-6-13)19-15-14(17)11(10-16)7-8-18-15/h3-8H,2,9,17H2,1H3,(H,18,19). The van der Waals surface area contributed by atoms with Crippen LogP contribution >= 0.6 is 0 Å². The molecule has 0 saturated heterocycles. The van der Waals surface area contributed by atoms with Gasteiger partial charge >= 0.3 is 0 Å². The molecule has 5 nitrogen and oxygen atoms in total. The predicted octanol–water partition coefficient (Wildman–Crippen LogP) is 3.07. The van der Waals surface area contributed by atoms with Gasteiger partial charge in [0.1, 0.15) is 11.8 Å². The Kier molecular flexibility index (Phi) is 4.40. The van der Waals surface area contributed by atoms with Crippen LogP contribution in [0.1, 0.15) is 18.9 Å². The van der Waals surface area contributed by atoms with Gasteiger partial charge in [0, 0.05) is 11.9 Å². The minimum absolute atomic E-state index is 0.348. The molecule has 1 aromatic carbocycles. The predicted molar refractivity (Wildman–Crippen MR) is 78.9 cm³/mol. The lowest BCUT2D eigenvalue weighted by molar-refractivity contribution is 0.317. The van der Waals surface area contributed by atoms with Gasteiger partial charge in [-0.2, -0.15) is 5.26 Å². The Hall–Kier alpha value is -2.74. The molecule has 5 heteroatoms. The van der Waals surface area contributed by atoms with Crippen LogP contribution in [-0.2, 0) is 0 Å². The molecule has 0 saturated carbocycles. The largest absolute Gasteiger partial charge is 0.494 e. The molecule has 1 aromatic heterocycles. The number of benzene rings is 1. The minimum atomic E-state index is 0.348. The lowest BCUT2D eigenvalue weighted by Gasteiger charge is -2.10. The summed E-state index contributed by atoms with van der Waals surface area (Å²) in [6, 6.07) is 11.1. The molecule has 0 aliphatic rings. The van der Waals surface area contributed by atoms with E-state index >= 15 is 0 Å². The third-order valence-electron chi connectivity index (χ3n) is 2.70. The van der Waals surface area contributed by atoms with Gasteiger partial charge in [0.25, 0.3) is 0 Å². The average Bonchev–Trinajstić information content (AvgIpc) is 2.48. The van der Waals surface area contributed by atoms with E-state index in [9.17, 15) is 0 Å². The van der Waals surface area contributed by atoms with E-state index in [2.05, 4.69) is 17.2 Å². The summed E-state index contributed by atoms with van der Waals surface area (Å²) >= 11 is 0. The van der Waals surface area contributed by atoms with Crippen LogP contribution in [0.3, 0.4) is 0 Å². The lowest BCUT2D eigenvalue weighted by atomic mass is 10.2. The van der Waals surface area contributed by atoms with Crippen molar-refractivity contribution in [1.82, 2.24) is 4.98 Å². The fourth-order valence-corrected chi connectivity index (χ4v) is 1.66. The van der Waals surface area contributed by atoms with Gasteiger partial charge in [0.2, 0.25) is 0 Å². The second kappa shape index (κ2) is 6.43. The molecule has 0 fully saturated rings. The third-order valence-corrected chi connectivity index (χ3v) is 2.70. The van der Waals surface area contributed by atoms with E-state index in [0.717, 1.165) is 17.9 Å². The highest BCUT2D eigenvalue weighted by atomic mass is 16.5. The molecule has 0 radical (unpaired) electrons. The lowest BCUT2D eigenvalue weighted by Crippen LogP contribution is -2.01. The van der Waals surface area contributed by atoms with Crippen molar-refractivity contribution >= 4 is 17.2 Å². The number of pyridine rings is 1. The Labute approximate surface area is 118 Å². The number of hydrogen-bond donors (Lipinski definition) is 2. The molecule has 0 amide bonds. The first-order valence-corrected chi connectivity index (χ1v) is 6.39. The first-order valence-electron chi connectivity index (χ1n) is 6.39. The molecule has 0 atom stereocenters. The van der Waals surface area contributed by atoms with E-state index in [1.165, 1.54) is 0 Å². The molecule has 3 N–H and O–H groups in total. The summed E-state index contributed by atoms with van der Waals surface area (Å²) in [6.45, 7) is 2.76. The maximum atomic E-state index is 8.93. The number of nitrogens with zero attached hydrogens (tertiary/aromatic N) is 2. The van der Waals surface area contributed by atoms with Crippen LogP contribution in [0.5, 0.6) is 5.75 Å². The number of nitriles is 1. The number of ether oxygens (including phenoxy) is 1. The zero-order chi connectivity index (χ0) is 14.4. The Balaban J connectivity index is 2.13. The number of nitrogen functional groups attached to an aromatic ring is 1. The van der Waals surface area contributed by atoms with Crippen molar-refractivity contribution in [3.05, 3.63) is 42.1 Å². The van der Waals surface area contributed by atoms with Crippen molar-refractivity contribution in [3.63, 3.8) is 0 Å². The summed E-state index contributed by atoms with van der Waals surface area (Å²) in [5, 5.41) is 12.0. The van der Waals surface area contributed by atoms with E-state index in [1.54, 1.807) is 12.3 Å². The smallest absolute Gasteiger partial charge is 0.154 e. The molecule has 0 aliphatic heterocycles. The highest BCUT2D eigenvalue weighted by Gasteiger charge is 2.06. The molecule has 2 rings (SSSR count). The van der Waals surface area contributed by atoms with Gasteiger partial charge in [-0.1, -0.05) is 6.92 Å². The molecule has 1 heterocycles. The van der Waals surface area contributed by atoms with Gasteiger partial charge in [0.15, 0.2) is 5.82 Å². The van der Waals surface area contributed by atoms with Crippen LogP contribution in [0.25, 0.3) is 0 Å². The highest BCUT2D eigenvalue weighted by molar-refractivity contribution is 5.73. The summed E-state index contributed by atoms with van der Waals surface area (Å²) in [5.41, 5.74) is 7.46. The van der Waals surface area contributed by atoms with Gasteiger partial charge in [0.05, 0.1) is 17.9 Å². The quantitative estimate of drug-likeness (QED) is 0.870. The Morgan fingerprint density at radius 3 is 2.70 bits per heavy atom. The van der Waals surface area contributed by atoms with Crippen LogP contribution < -0.4 is 15.8 Å². The van der Waals surface area contributed by atoms with Crippen molar-refractivity contribution < 1.29 is 4.74 Å². The molecular formula is C15H16N4O. The molecule has 20 heavy (non-hydrogen) atoms. The number of nitrogens with two attached hydrogens (primary N) is 1. The average molecular weight is 268 g/mol. The molecule has 0 spiro atoms. The van der Waals surface area contributed by atoms with Gasteiger partial charge in [-0.15, -0.1) is 0 Å². The second-order valence-electron chi connectivity index (χ2n) is 4.23. The zero-order valence-electron chi connectivity index (χ0n) is 11.3.